The van der Waals surface area contributed by atoms with Crippen LogP contribution < -0.4 is 5.73 Å². The van der Waals surface area contributed by atoms with Gasteiger partial charge in [-0.1, -0.05) is 32.9 Å². The molecule has 0 amide bonds. The largest absolute Gasteiger partial charge is 0.383 e. The van der Waals surface area contributed by atoms with Gasteiger partial charge in [-0.05, 0) is 34.7 Å². The Bertz CT molecular complexity index is 656. The van der Waals surface area contributed by atoms with Crippen molar-refractivity contribution in [1.29, 1.82) is 0 Å². The second-order valence-corrected chi connectivity index (χ2v) is 7.75. The number of hydrogen-bond acceptors (Lipinski definition) is 4. The second kappa shape index (κ2) is 6.48. The third-order valence-electron chi connectivity index (χ3n) is 2.83. The van der Waals surface area contributed by atoms with Gasteiger partial charge in [0.1, 0.15) is 17.5 Å². The Morgan fingerprint density at radius 2 is 1.90 bits per heavy atom. The maximum Gasteiger partial charge on any atom is 0.141 e. The summed E-state index contributed by atoms with van der Waals surface area (Å²) in [6, 6.07) is 6.69. The molecule has 0 bridgehead atoms. The van der Waals surface area contributed by atoms with Crippen LogP contribution in [0.5, 0.6) is 0 Å². The summed E-state index contributed by atoms with van der Waals surface area (Å²) in [5.41, 5.74) is 6.80. The number of halogens is 2. The van der Waals surface area contributed by atoms with Gasteiger partial charge >= 0.3 is 0 Å². The van der Waals surface area contributed by atoms with E-state index in [9.17, 15) is 4.39 Å². The molecule has 0 aliphatic carbocycles. The lowest BCUT2D eigenvalue weighted by Crippen LogP contribution is -2.19. The van der Waals surface area contributed by atoms with Crippen LogP contribution in [0.4, 0.5) is 10.2 Å². The zero-order valence-electron chi connectivity index (χ0n) is 12.2. The Hall–Kier alpha value is -0.890. The van der Waals surface area contributed by atoms with Crippen LogP contribution in [0.3, 0.4) is 0 Å². The monoisotopic (exact) mass is 417 g/mol. The van der Waals surface area contributed by atoms with Crippen molar-refractivity contribution in [3.8, 4) is 0 Å². The molecule has 2 aromatic rings. The average Bonchev–Trinajstić information content (AvgIpc) is 2.40. The Kier molecular flexibility index (Phi) is 5.08. The summed E-state index contributed by atoms with van der Waals surface area (Å²) in [6.07, 6.45) is 0. The van der Waals surface area contributed by atoms with E-state index in [0.29, 0.717) is 22.3 Å². The fourth-order valence-electron chi connectivity index (χ4n) is 1.78. The van der Waals surface area contributed by atoms with Crippen LogP contribution in [0.15, 0.2) is 29.2 Å². The van der Waals surface area contributed by atoms with Gasteiger partial charge in [0, 0.05) is 10.3 Å². The third kappa shape index (κ3) is 4.06. The van der Waals surface area contributed by atoms with Crippen LogP contribution in [0.2, 0.25) is 0 Å². The van der Waals surface area contributed by atoms with E-state index in [2.05, 4.69) is 53.3 Å². The summed E-state index contributed by atoms with van der Waals surface area (Å²) in [5.74, 6) is 1.38. The number of thioether (sulfide) groups is 1. The molecule has 0 aliphatic rings. The topological polar surface area (TPSA) is 51.8 Å². The Balaban J connectivity index is 2.26. The first kappa shape index (κ1) is 16.5. The molecule has 0 unspecified atom stereocenters. The first-order valence-electron chi connectivity index (χ1n) is 6.48. The molecule has 2 N–H and O–H groups in total. The predicted octanol–water partition coefficient (Wildman–Crippen LogP) is 4.39. The minimum absolute atomic E-state index is 0.106. The van der Waals surface area contributed by atoms with E-state index in [1.165, 1.54) is 17.8 Å². The molecule has 3 nitrogen and oxygen atoms in total. The smallest absolute Gasteiger partial charge is 0.141 e. The number of nitrogens with two attached hydrogens (primary N) is 1. The van der Waals surface area contributed by atoms with E-state index >= 15 is 0 Å². The predicted molar refractivity (Wildman–Crippen MR) is 93.8 cm³/mol. The zero-order valence-corrected chi connectivity index (χ0v) is 15.1. The molecule has 0 aliphatic heterocycles. The van der Waals surface area contributed by atoms with Crippen molar-refractivity contribution in [2.75, 3.05) is 5.73 Å². The van der Waals surface area contributed by atoms with Crippen molar-refractivity contribution >= 4 is 40.2 Å². The zero-order chi connectivity index (χ0) is 15.6. The summed E-state index contributed by atoms with van der Waals surface area (Å²) in [4.78, 5) is 9.51. The SMILES string of the molecule is CC(C)(C)c1nc(CSc2ccccc2F)nc(N)c1I. The second-order valence-electron chi connectivity index (χ2n) is 5.66. The highest BCUT2D eigenvalue weighted by Crippen LogP contribution is 2.30. The summed E-state index contributed by atoms with van der Waals surface area (Å²) >= 11 is 3.55. The maximum absolute atomic E-state index is 13.6. The molecule has 21 heavy (non-hydrogen) atoms. The molecule has 0 saturated heterocycles. The summed E-state index contributed by atoms with van der Waals surface area (Å²) in [7, 11) is 0. The van der Waals surface area contributed by atoms with Crippen LogP contribution in [0.1, 0.15) is 32.3 Å². The van der Waals surface area contributed by atoms with Crippen LogP contribution in [0.25, 0.3) is 0 Å². The number of nitrogens with zero attached hydrogens (tertiary/aromatic N) is 2. The minimum Gasteiger partial charge on any atom is -0.383 e. The van der Waals surface area contributed by atoms with Gasteiger partial charge in [0.2, 0.25) is 0 Å². The molecule has 6 heteroatoms. The van der Waals surface area contributed by atoms with Gasteiger partial charge < -0.3 is 5.73 Å². The maximum atomic E-state index is 13.6. The van der Waals surface area contributed by atoms with Crippen molar-refractivity contribution in [3.05, 3.63) is 45.2 Å². The van der Waals surface area contributed by atoms with Gasteiger partial charge in [-0.2, -0.15) is 0 Å². The van der Waals surface area contributed by atoms with Crippen LogP contribution >= 0.6 is 34.4 Å². The van der Waals surface area contributed by atoms with Gasteiger partial charge in [0.25, 0.3) is 0 Å². The van der Waals surface area contributed by atoms with Gasteiger partial charge in [0.05, 0.1) is 15.0 Å². The normalized spacial score (nSPS) is 11.7. The van der Waals surface area contributed by atoms with Crippen molar-refractivity contribution in [2.24, 2.45) is 0 Å². The van der Waals surface area contributed by atoms with Crippen LogP contribution in [-0.4, -0.2) is 9.97 Å². The molecule has 0 atom stereocenters. The first-order valence-corrected chi connectivity index (χ1v) is 8.55. The van der Waals surface area contributed by atoms with Gasteiger partial charge in [-0.3, -0.25) is 0 Å². The van der Waals surface area contributed by atoms with E-state index in [4.69, 9.17) is 5.73 Å². The highest BCUT2D eigenvalue weighted by molar-refractivity contribution is 14.1. The van der Waals surface area contributed by atoms with E-state index in [1.54, 1.807) is 12.1 Å². The van der Waals surface area contributed by atoms with E-state index in [0.717, 1.165) is 9.26 Å². The Morgan fingerprint density at radius 1 is 1.24 bits per heavy atom. The molecular weight excluding hydrogens is 400 g/mol. The van der Waals surface area contributed by atoms with Crippen molar-refractivity contribution in [3.63, 3.8) is 0 Å². The molecule has 1 aromatic carbocycles. The molecule has 0 fully saturated rings. The number of nitrogen functional groups attached to an aromatic ring is 1. The van der Waals surface area contributed by atoms with Gasteiger partial charge in [-0.15, -0.1) is 11.8 Å². The number of rotatable bonds is 3. The van der Waals surface area contributed by atoms with Crippen molar-refractivity contribution in [2.45, 2.75) is 36.8 Å². The van der Waals surface area contributed by atoms with E-state index in [-0.39, 0.29) is 11.2 Å². The lowest BCUT2D eigenvalue weighted by atomic mass is 9.92. The van der Waals surface area contributed by atoms with Crippen molar-refractivity contribution in [1.82, 2.24) is 9.97 Å². The molecule has 112 valence electrons. The third-order valence-corrected chi connectivity index (χ3v) is 4.94. The van der Waals surface area contributed by atoms with Gasteiger partial charge in [-0.25, -0.2) is 14.4 Å². The van der Waals surface area contributed by atoms with E-state index < -0.39 is 0 Å². The summed E-state index contributed by atoms with van der Waals surface area (Å²) in [5, 5.41) is 0. The lowest BCUT2D eigenvalue weighted by Gasteiger charge is -2.20. The molecule has 1 heterocycles. The fourth-order valence-corrected chi connectivity index (χ4v) is 3.62. The number of benzene rings is 1. The molecule has 0 spiro atoms. The number of hydrogen-bond donors (Lipinski definition) is 1. The van der Waals surface area contributed by atoms with Crippen LogP contribution in [-0.2, 0) is 11.2 Å². The Labute approximate surface area is 142 Å². The first-order chi connectivity index (χ1) is 9.79. The number of anilines is 1. The quantitative estimate of drug-likeness (QED) is 0.595. The molecule has 2 rings (SSSR count). The highest BCUT2D eigenvalue weighted by Gasteiger charge is 2.22. The molecular formula is C15H17FIN3S. The van der Waals surface area contributed by atoms with Gasteiger partial charge in [0.15, 0.2) is 0 Å². The standard InChI is InChI=1S/C15H17FIN3S/c1-15(2,3)13-12(17)14(18)20-11(19-13)8-21-10-7-5-4-6-9(10)16/h4-7H,8H2,1-3H3,(H2,18,19,20). The lowest BCUT2D eigenvalue weighted by molar-refractivity contribution is 0.560. The molecule has 1 aromatic heterocycles. The van der Waals surface area contributed by atoms with Crippen LogP contribution in [0, 0.1) is 9.39 Å². The average molecular weight is 417 g/mol. The summed E-state index contributed by atoms with van der Waals surface area (Å²) < 4.78 is 14.5. The molecule has 0 saturated carbocycles. The van der Waals surface area contributed by atoms with E-state index in [1.807, 2.05) is 6.07 Å². The van der Waals surface area contributed by atoms with Crippen molar-refractivity contribution < 1.29 is 4.39 Å². The molecule has 0 radical (unpaired) electrons. The fraction of sp³-hybridized carbons (Fsp3) is 0.333. The number of aromatic nitrogens is 2. The Morgan fingerprint density at radius 3 is 2.52 bits per heavy atom. The summed E-state index contributed by atoms with van der Waals surface area (Å²) in [6.45, 7) is 6.26. The highest BCUT2D eigenvalue weighted by atomic mass is 127. The minimum atomic E-state index is -0.225.